The van der Waals surface area contributed by atoms with Crippen LogP contribution in [-0.4, -0.2) is 18.9 Å². The van der Waals surface area contributed by atoms with E-state index in [0.29, 0.717) is 5.92 Å². The van der Waals surface area contributed by atoms with E-state index in [9.17, 15) is 13.2 Å². The van der Waals surface area contributed by atoms with Crippen molar-refractivity contribution in [3.05, 3.63) is 12.2 Å². The molecular weight excluding hydrogens is 361 g/mol. The van der Waals surface area contributed by atoms with Gasteiger partial charge in [0.15, 0.2) is 6.10 Å². The van der Waals surface area contributed by atoms with Crippen molar-refractivity contribution in [1.82, 2.24) is 0 Å². The summed E-state index contributed by atoms with van der Waals surface area (Å²) in [6.45, 7) is 2.35. The van der Waals surface area contributed by atoms with Crippen molar-refractivity contribution in [3.63, 3.8) is 0 Å². The Hall–Kier alpha value is -0.510. The summed E-state index contributed by atoms with van der Waals surface area (Å²) in [5.41, 5.74) is 0. The van der Waals surface area contributed by atoms with Crippen LogP contribution in [0.25, 0.3) is 0 Å². The van der Waals surface area contributed by atoms with Gasteiger partial charge in [0.25, 0.3) is 0 Å². The summed E-state index contributed by atoms with van der Waals surface area (Å²) in [7, 11) is 0. The second kappa shape index (κ2) is 12.9. The molecule has 2 aliphatic rings. The Morgan fingerprint density at radius 2 is 1.50 bits per heavy atom. The molecule has 0 radical (unpaired) electrons. The third-order valence-corrected chi connectivity index (χ3v) is 6.82. The van der Waals surface area contributed by atoms with Crippen molar-refractivity contribution in [3.8, 4) is 0 Å². The third kappa shape index (κ3) is 8.88. The summed E-state index contributed by atoms with van der Waals surface area (Å²) in [4.78, 5) is 0. The number of hydrogen-bond acceptors (Lipinski definition) is 1. The molecule has 1 atom stereocenters. The maximum atomic E-state index is 13.2. The molecule has 2 fully saturated rings. The lowest BCUT2D eigenvalue weighted by atomic mass is 9.71. The van der Waals surface area contributed by atoms with Gasteiger partial charge in [0, 0.05) is 13.0 Å². The van der Waals surface area contributed by atoms with Crippen molar-refractivity contribution in [2.75, 3.05) is 6.61 Å². The Bertz CT molecular complexity index is 418. The molecule has 2 rings (SSSR count). The van der Waals surface area contributed by atoms with Gasteiger partial charge in [0.2, 0.25) is 0 Å². The summed E-state index contributed by atoms with van der Waals surface area (Å²) in [6, 6.07) is 0. The maximum absolute atomic E-state index is 13.2. The lowest BCUT2D eigenvalue weighted by Gasteiger charge is -2.35. The van der Waals surface area contributed by atoms with Crippen LogP contribution in [0.5, 0.6) is 0 Å². The van der Waals surface area contributed by atoms with E-state index in [0.717, 1.165) is 56.8 Å². The molecule has 1 nitrogen and oxygen atoms in total. The average Bonchev–Trinajstić information content (AvgIpc) is 2.69. The molecule has 0 aliphatic heterocycles. The molecule has 0 saturated heterocycles. The fraction of sp³-hybridized carbons (Fsp3) is 0.917. The zero-order chi connectivity index (χ0) is 20.2. The Balaban J connectivity index is 1.66. The number of alkyl halides is 3. The first-order valence-corrected chi connectivity index (χ1v) is 11.9. The molecule has 2 aliphatic carbocycles. The number of halogens is 3. The van der Waals surface area contributed by atoms with E-state index in [4.69, 9.17) is 4.74 Å². The Morgan fingerprint density at radius 3 is 2.14 bits per heavy atom. The molecule has 0 bridgehead atoms. The van der Waals surface area contributed by atoms with Crippen LogP contribution in [0, 0.1) is 17.8 Å². The minimum atomic E-state index is -4.27. The van der Waals surface area contributed by atoms with Crippen molar-refractivity contribution in [2.45, 2.75) is 116 Å². The van der Waals surface area contributed by atoms with Gasteiger partial charge in [0.05, 0.1) is 0 Å². The second-order valence-corrected chi connectivity index (χ2v) is 9.05. The molecular formula is C24H41F3O. The van der Waals surface area contributed by atoms with E-state index < -0.39 is 12.3 Å². The van der Waals surface area contributed by atoms with Gasteiger partial charge in [-0.15, -0.1) is 0 Å². The number of hydrogen-bond donors (Lipinski definition) is 0. The molecule has 2 saturated carbocycles. The molecule has 0 aromatic rings. The minimum Gasteiger partial charge on any atom is -0.368 e. The molecule has 0 heterocycles. The van der Waals surface area contributed by atoms with E-state index in [1.807, 2.05) is 6.08 Å². The Morgan fingerprint density at radius 1 is 0.857 bits per heavy atom. The molecule has 0 N–H and O–H groups in total. The van der Waals surface area contributed by atoms with Crippen LogP contribution in [0.1, 0.15) is 103 Å². The number of allylic oxidation sites excluding steroid dienone is 1. The molecule has 1 unspecified atom stereocenters. The molecule has 28 heavy (non-hydrogen) atoms. The summed E-state index contributed by atoms with van der Waals surface area (Å²) in [5.74, 6) is 2.24. The van der Waals surface area contributed by atoms with Crippen molar-refractivity contribution in [2.24, 2.45) is 17.8 Å². The van der Waals surface area contributed by atoms with Gasteiger partial charge in [-0.2, -0.15) is 13.2 Å². The highest BCUT2D eigenvalue weighted by Crippen LogP contribution is 2.40. The minimum absolute atomic E-state index is 0.0407. The van der Waals surface area contributed by atoms with E-state index in [-0.39, 0.29) is 13.0 Å². The largest absolute Gasteiger partial charge is 0.414 e. The summed E-state index contributed by atoms with van der Waals surface area (Å²) < 4.78 is 44.8. The molecule has 0 aromatic carbocycles. The van der Waals surface area contributed by atoms with Crippen LogP contribution in [0.4, 0.5) is 13.2 Å². The van der Waals surface area contributed by atoms with Crippen LogP contribution in [0.3, 0.4) is 0 Å². The van der Waals surface area contributed by atoms with Gasteiger partial charge in [-0.05, 0) is 49.9 Å². The highest BCUT2D eigenvalue weighted by Gasteiger charge is 2.39. The zero-order valence-electron chi connectivity index (χ0n) is 17.8. The van der Waals surface area contributed by atoms with Gasteiger partial charge in [0.1, 0.15) is 0 Å². The van der Waals surface area contributed by atoms with Crippen LogP contribution >= 0.6 is 0 Å². The second-order valence-electron chi connectivity index (χ2n) is 9.05. The summed E-state index contributed by atoms with van der Waals surface area (Å²) in [6.07, 6.45) is 14.7. The smallest absolute Gasteiger partial charge is 0.368 e. The van der Waals surface area contributed by atoms with Gasteiger partial charge in [-0.3, -0.25) is 0 Å². The van der Waals surface area contributed by atoms with Crippen LogP contribution in [-0.2, 0) is 4.74 Å². The van der Waals surface area contributed by atoms with E-state index in [1.165, 1.54) is 44.9 Å². The lowest BCUT2D eigenvalue weighted by molar-refractivity contribution is -0.219. The predicted octanol–water partition coefficient (Wildman–Crippen LogP) is 8.24. The van der Waals surface area contributed by atoms with Gasteiger partial charge in [-0.25, -0.2) is 0 Å². The quantitative estimate of drug-likeness (QED) is 0.250. The standard InChI is InChI=1S/C24H41F3O/c1-2-3-4-5-9-19-28-23(24(25,26)27)14-10-11-20-15-17-22(18-16-20)21-12-7-6-8-13-21/h10-11,20-23H,2-9,12-19H2,1H3. The van der Waals surface area contributed by atoms with E-state index in [1.54, 1.807) is 6.08 Å². The molecule has 0 aromatic heterocycles. The number of rotatable bonds is 11. The first-order valence-electron chi connectivity index (χ1n) is 11.9. The zero-order valence-corrected chi connectivity index (χ0v) is 17.8. The predicted molar refractivity (Wildman–Crippen MR) is 110 cm³/mol. The molecule has 164 valence electrons. The molecule has 0 amide bonds. The SMILES string of the molecule is CCCCCCCOC(CC=CC1CCC(C2CCCCC2)CC1)C(F)(F)F. The van der Waals surface area contributed by atoms with Crippen molar-refractivity contribution < 1.29 is 17.9 Å². The highest BCUT2D eigenvalue weighted by molar-refractivity contribution is 4.94. The number of ether oxygens (including phenoxy) is 1. The van der Waals surface area contributed by atoms with Crippen molar-refractivity contribution >= 4 is 0 Å². The fourth-order valence-corrected chi connectivity index (χ4v) is 5.04. The average molecular weight is 403 g/mol. The lowest BCUT2D eigenvalue weighted by Crippen LogP contribution is -2.31. The number of unbranched alkanes of at least 4 members (excludes halogenated alkanes) is 4. The van der Waals surface area contributed by atoms with Gasteiger partial charge in [-0.1, -0.05) is 76.9 Å². The highest BCUT2D eigenvalue weighted by atomic mass is 19.4. The molecule has 0 spiro atoms. The van der Waals surface area contributed by atoms with Crippen LogP contribution < -0.4 is 0 Å². The fourth-order valence-electron chi connectivity index (χ4n) is 5.04. The van der Waals surface area contributed by atoms with Crippen molar-refractivity contribution in [1.29, 1.82) is 0 Å². The third-order valence-electron chi connectivity index (χ3n) is 6.82. The monoisotopic (exact) mass is 402 g/mol. The van der Waals surface area contributed by atoms with Crippen LogP contribution in [0.15, 0.2) is 12.2 Å². The van der Waals surface area contributed by atoms with E-state index in [2.05, 4.69) is 6.92 Å². The normalized spacial score (nSPS) is 26.0. The molecule has 4 heteroatoms. The van der Waals surface area contributed by atoms with E-state index >= 15 is 0 Å². The summed E-state index contributed by atoms with van der Waals surface area (Å²) in [5, 5.41) is 0. The summed E-state index contributed by atoms with van der Waals surface area (Å²) >= 11 is 0. The first-order chi connectivity index (χ1) is 13.5. The maximum Gasteiger partial charge on any atom is 0.414 e. The Kier molecular flexibility index (Phi) is 11.0. The first kappa shape index (κ1) is 23.8. The van der Waals surface area contributed by atoms with Crippen LogP contribution in [0.2, 0.25) is 0 Å². The topological polar surface area (TPSA) is 9.23 Å². The van der Waals surface area contributed by atoms with Gasteiger partial charge < -0.3 is 4.74 Å². The van der Waals surface area contributed by atoms with Gasteiger partial charge >= 0.3 is 6.18 Å². The Labute approximate surface area is 170 Å².